The molecule has 0 amide bonds. The molecule has 0 bridgehead atoms. The van der Waals surface area contributed by atoms with Gasteiger partial charge in [-0.1, -0.05) is 32.6 Å². The third-order valence-corrected chi connectivity index (χ3v) is 3.82. The maximum Gasteiger partial charge on any atom is 0.322 e. The maximum absolute atomic E-state index is 11.5. The molecule has 0 saturated heterocycles. The zero-order valence-electron chi connectivity index (χ0n) is 12.5. The van der Waals surface area contributed by atoms with Gasteiger partial charge < -0.3 is 14.8 Å². The van der Waals surface area contributed by atoms with E-state index in [1.807, 2.05) is 6.92 Å². The van der Waals surface area contributed by atoms with Crippen LogP contribution in [0.2, 0.25) is 0 Å². The molecule has 0 aromatic rings. The minimum Gasteiger partial charge on any atom is -0.468 e. The Kier molecular flexibility index (Phi) is 8.84. The van der Waals surface area contributed by atoms with E-state index in [4.69, 9.17) is 9.47 Å². The molecule has 1 rings (SSSR count). The van der Waals surface area contributed by atoms with Crippen LogP contribution in [0.5, 0.6) is 0 Å². The van der Waals surface area contributed by atoms with E-state index in [0.29, 0.717) is 13.0 Å². The molecule has 0 aromatic heterocycles. The Balaban J connectivity index is 2.14. The summed E-state index contributed by atoms with van der Waals surface area (Å²) in [4.78, 5) is 11.5. The summed E-state index contributed by atoms with van der Waals surface area (Å²) in [5, 5.41) is 3.13. The molecule has 1 N–H and O–H groups in total. The van der Waals surface area contributed by atoms with E-state index in [0.717, 1.165) is 19.1 Å². The molecule has 1 unspecified atom stereocenters. The van der Waals surface area contributed by atoms with Crippen molar-refractivity contribution in [3.63, 3.8) is 0 Å². The van der Waals surface area contributed by atoms with Crippen molar-refractivity contribution in [1.82, 2.24) is 5.32 Å². The second-order valence-corrected chi connectivity index (χ2v) is 5.35. The van der Waals surface area contributed by atoms with Gasteiger partial charge in [0.25, 0.3) is 0 Å². The zero-order chi connectivity index (χ0) is 13.9. The van der Waals surface area contributed by atoms with E-state index in [9.17, 15) is 4.79 Å². The van der Waals surface area contributed by atoms with Crippen LogP contribution in [0.15, 0.2) is 0 Å². The topological polar surface area (TPSA) is 47.6 Å². The first-order valence-electron chi connectivity index (χ1n) is 7.66. The molecule has 1 fully saturated rings. The number of carbonyl (C=O) groups excluding carboxylic acids is 1. The number of carbonyl (C=O) groups is 1. The van der Waals surface area contributed by atoms with Crippen LogP contribution >= 0.6 is 0 Å². The molecule has 19 heavy (non-hydrogen) atoms. The van der Waals surface area contributed by atoms with Crippen molar-refractivity contribution in [3.05, 3.63) is 0 Å². The molecular weight excluding hydrogens is 242 g/mol. The lowest BCUT2D eigenvalue weighted by atomic mass is 10.0. The second-order valence-electron chi connectivity index (χ2n) is 5.35. The molecule has 4 heteroatoms. The average Bonchev–Trinajstić information content (AvgIpc) is 2.70. The van der Waals surface area contributed by atoms with E-state index in [-0.39, 0.29) is 12.0 Å². The average molecular weight is 271 g/mol. The molecule has 0 heterocycles. The Morgan fingerprint density at radius 3 is 2.53 bits per heavy atom. The Labute approximate surface area is 117 Å². The minimum atomic E-state index is -0.232. The third kappa shape index (κ3) is 6.92. The van der Waals surface area contributed by atoms with Crippen molar-refractivity contribution in [2.24, 2.45) is 5.92 Å². The summed E-state index contributed by atoms with van der Waals surface area (Å²) in [6, 6.07) is -0.232. The van der Waals surface area contributed by atoms with Gasteiger partial charge in [-0.15, -0.1) is 0 Å². The largest absolute Gasteiger partial charge is 0.468 e. The number of hydrogen-bond acceptors (Lipinski definition) is 4. The molecular formula is C15H29NO3. The quantitative estimate of drug-likeness (QED) is 0.418. The first-order valence-corrected chi connectivity index (χ1v) is 7.66. The summed E-state index contributed by atoms with van der Waals surface area (Å²) >= 11 is 0. The summed E-state index contributed by atoms with van der Waals surface area (Å²) in [7, 11) is 1.43. The first-order chi connectivity index (χ1) is 9.27. The van der Waals surface area contributed by atoms with Gasteiger partial charge in [-0.3, -0.25) is 4.79 Å². The highest BCUT2D eigenvalue weighted by molar-refractivity contribution is 5.75. The molecule has 1 atom stereocenters. The third-order valence-electron chi connectivity index (χ3n) is 3.82. The van der Waals surface area contributed by atoms with Crippen molar-refractivity contribution in [2.45, 2.75) is 57.9 Å². The Bertz CT molecular complexity index is 238. The number of likely N-dealkylation sites (N-methyl/N-ethyl adjacent to an activating group) is 1. The number of methoxy groups -OCH3 is 1. The number of nitrogens with one attached hydrogen (secondary N) is 1. The van der Waals surface area contributed by atoms with Gasteiger partial charge in [0, 0.05) is 13.2 Å². The Hall–Kier alpha value is -0.610. The fourth-order valence-electron chi connectivity index (χ4n) is 2.67. The second kappa shape index (κ2) is 10.2. The molecule has 0 aromatic carbocycles. The van der Waals surface area contributed by atoms with E-state index < -0.39 is 0 Å². The summed E-state index contributed by atoms with van der Waals surface area (Å²) in [5.74, 6) is 0.526. The van der Waals surface area contributed by atoms with Gasteiger partial charge in [-0.2, -0.15) is 0 Å². The van der Waals surface area contributed by atoms with Crippen molar-refractivity contribution in [3.8, 4) is 0 Å². The number of hydrogen-bond donors (Lipinski definition) is 1. The van der Waals surface area contributed by atoms with Gasteiger partial charge in [0.2, 0.25) is 0 Å². The molecule has 1 saturated carbocycles. The van der Waals surface area contributed by atoms with Crippen molar-refractivity contribution in [1.29, 1.82) is 0 Å². The van der Waals surface area contributed by atoms with Crippen molar-refractivity contribution in [2.75, 3.05) is 26.9 Å². The van der Waals surface area contributed by atoms with Gasteiger partial charge in [-0.05, 0) is 31.7 Å². The minimum absolute atomic E-state index is 0.195. The molecule has 0 aliphatic heterocycles. The van der Waals surface area contributed by atoms with Crippen molar-refractivity contribution >= 4 is 5.97 Å². The molecule has 112 valence electrons. The van der Waals surface area contributed by atoms with Crippen LogP contribution in [0.25, 0.3) is 0 Å². The highest BCUT2D eigenvalue weighted by Crippen LogP contribution is 2.22. The van der Waals surface area contributed by atoms with Crippen LogP contribution in [-0.4, -0.2) is 38.9 Å². The van der Waals surface area contributed by atoms with Crippen LogP contribution in [0.3, 0.4) is 0 Å². The van der Waals surface area contributed by atoms with E-state index in [2.05, 4.69) is 5.32 Å². The molecule has 0 radical (unpaired) electrons. The monoisotopic (exact) mass is 271 g/mol. The van der Waals surface area contributed by atoms with Crippen LogP contribution < -0.4 is 5.32 Å². The van der Waals surface area contributed by atoms with Crippen LogP contribution in [-0.2, 0) is 14.3 Å². The van der Waals surface area contributed by atoms with Crippen LogP contribution in [0.1, 0.15) is 51.9 Å². The molecule has 1 aliphatic rings. The number of rotatable bonds is 8. The normalized spacial score (nSPS) is 18.8. The van der Waals surface area contributed by atoms with Crippen LogP contribution in [0, 0.1) is 5.92 Å². The van der Waals surface area contributed by atoms with Gasteiger partial charge in [0.15, 0.2) is 0 Å². The van der Waals surface area contributed by atoms with E-state index >= 15 is 0 Å². The lowest BCUT2D eigenvalue weighted by molar-refractivity contribution is -0.143. The molecule has 1 aliphatic carbocycles. The van der Waals surface area contributed by atoms with Gasteiger partial charge in [-0.25, -0.2) is 0 Å². The van der Waals surface area contributed by atoms with Gasteiger partial charge >= 0.3 is 5.97 Å². The standard InChI is InChI=1S/C15H29NO3/c1-3-16-14(15(17)18-2)10-11-19-12-13-8-6-4-5-7-9-13/h13-14,16H,3-12H2,1-2H3. The predicted octanol–water partition coefficient (Wildman–Crippen LogP) is 2.51. The highest BCUT2D eigenvalue weighted by atomic mass is 16.5. The molecule has 0 spiro atoms. The van der Waals surface area contributed by atoms with Gasteiger partial charge in [0.1, 0.15) is 6.04 Å². The maximum atomic E-state index is 11.5. The predicted molar refractivity (Wildman–Crippen MR) is 76.1 cm³/mol. The summed E-state index contributed by atoms with van der Waals surface area (Å²) < 4.78 is 10.5. The highest BCUT2D eigenvalue weighted by Gasteiger charge is 2.18. The summed E-state index contributed by atoms with van der Waals surface area (Å²) in [5.41, 5.74) is 0. The summed E-state index contributed by atoms with van der Waals surface area (Å²) in [6.07, 6.45) is 8.73. The van der Waals surface area contributed by atoms with Crippen LogP contribution in [0.4, 0.5) is 0 Å². The SMILES string of the molecule is CCNC(CCOCC1CCCCCC1)C(=O)OC. The fourth-order valence-corrected chi connectivity index (χ4v) is 2.67. The lowest BCUT2D eigenvalue weighted by Crippen LogP contribution is -2.38. The Morgan fingerprint density at radius 1 is 1.26 bits per heavy atom. The number of ether oxygens (including phenoxy) is 2. The summed E-state index contributed by atoms with van der Waals surface area (Å²) in [6.45, 7) is 4.23. The first kappa shape index (κ1) is 16.4. The van der Waals surface area contributed by atoms with E-state index in [1.165, 1.54) is 45.6 Å². The number of esters is 1. The van der Waals surface area contributed by atoms with Gasteiger partial charge in [0.05, 0.1) is 7.11 Å². The Morgan fingerprint density at radius 2 is 1.95 bits per heavy atom. The lowest BCUT2D eigenvalue weighted by Gasteiger charge is -2.17. The fraction of sp³-hybridized carbons (Fsp3) is 0.933. The van der Waals surface area contributed by atoms with Crippen molar-refractivity contribution < 1.29 is 14.3 Å². The van der Waals surface area contributed by atoms with E-state index in [1.54, 1.807) is 0 Å². The smallest absolute Gasteiger partial charge is 0.322 e. The molecule has 4 nitrogen and oxygen atoms in total. The zero-order valence-corrected chi connectivity index (χ0v) is 12.5.